The zero-order valence-electron chi connectivity index (χ0n) is 9.10. The van der Waals surface area contributed by atoms with Gasteiger partial charge in [0.05, 0.1) is 0 Å². The summed E-state index contributed by atoms with van der Waals surface area (Å²) >= 11 is 0. The minimum absolute atomic E-state index is 0.0125. The summed E-state index contributed by atoms with van der Waals surface area (Å²) in [4.78, 5) is 20.9. The van der Waals surface area contributed by atoms with Gasteiger partial charge < -0.3 is 5.32 Å². The lowest BCUT2D eigenvalue weighted by Gasteiger charge is -2.35. The molecule has 0 spiro atoms. The number of nitriles is 3. The van der Waals surface area contributed by atoms with Gasteiger partial charge in [0.1, 0.15) is 18.2 Å². The monoisotopic (exact) mass is 250 g/mol. The Morgan fingerprint density at radius 2 is 1.58 bits per heavy atom. The van der Waals surface area contributed by atoms with Crippen molar-refractivity contribution in [3.8, 4) is 18.2 Å². The number of nitrogens with zero attached hydrogens (tertiary/aromatic N) is 9. The summed E-state index contributed by atoms with van der Waals surface area (Å²) in [5, 5.41) is 29.3. The fourth-order valence-electron chi connectivity index (χ4n) is 1.60. The number of nitrogens with one attached hydrogen (secondary N) is 1. The standard InChI is InChI=1S/C9H2N10/c10-1-4-13-7-15-5(2-11)17-9-18-6(3-12)16-8(14-4)19(7)9/h7H,(H,13,14,15,16,17,18). The molecule has 1 atom stereocenters. The first-order valence-electron chi connectivity index (χ1n) is 4.94. The van der Waals surface area contributed by atoms with Gasteiger partial charge >= 0.3 is 0 Å². The molecular formula is C9H2N10. The van der Waals surface area contributed by atoms with Gasteiger partial charge in [0, 0.05) is 0 Å². The van der Waals surface area contributed by atoms with Crippen LogP contribution in [-0.2, 0) is 0 Å². The molecule has 0 aromatic rings. The Kier molecular flexibility index (Phi) is 2.07. The number of aliphatic imine (C=N–C) groups is 5. The third kappa shape index (κ3) is 1.51. The molecule has 0 amide bonds. The number of guanidine groups is 2. The van der Waals surface area contributed by atoms with Gasteiger partial charge in [0.15, 0.2) is 0 Å². The van der Waals surface area contributed by atoms with Crippen molar-refractivity contribution in [2.75, 3.05) is 0 Å². The first-order valence-corrected chi connectivity index (χ1v) is 4.94. The van der Waals surface area contributed by atoms with Crippen LogP contribution in [0, 0.1) is 34.0 Å². The molecule has 0 fully saturated rings. The zero-order valence-corrected chi connectivity index (χ0v) is 9.10. The van der Waals surface area contributed by atoms with E-state index in [4.69, 9.17) is 15.8 Å². The fraction of sp³-hybridized carbons (Fsp3) is 0.111. The smallest absolute Gasteiger partial charge is 0.240 e. The highest BCUT2D eigenvalue weighted by molar-refractivity contribution is 6.23. The number of amidine groups is 3. The largest absolute Gasteiger partial charge is 0.322 e. The van der Waals surface area contributed by atoms with E-state index in [1.165, 1.54) is 4.90 Å². The molecule has 3 rings (SSSR count). The molecule has 10 nitrogen and oxygen atoms in total. The summed E-state index contributed by atoms with van der Waals surface area (Å²) in [5.74, 6) is -0.0877. The van der Waals surface area contributed by atoms with E-state index in [1.807, 2.05) is 6.07 Å². The van der Waals surface area contributed by atoms with Crippen LogP contribution >= 0.6 is 0 Å². The second-order valence-electron chi connectivity index (χ2n) is 3.40. The molecule has 88 valence electrons. The molecule has 1 N–H and O–H groups in total. The Hall–Kier alpha value is -3.58. The molecule has 10 heteroatoms. The number of hydrogen-bond acceptors (Lipinski definition) is 10. The second kappa shape index (κ2) is 3.72. The first-order chi connectivity index (χ1) is 9.25. The predicted molar refractivity (Wildman–Crippen MR) is 62.8 cm³/mol. The molecule has 3 aliphatic rings. The average molecular weight is 250 g/mol. The van der Waals surface area contributed by atoms with Crippen LogP contribution in [0.25, 0.3) is 0 Å². The normalized spacial score (nSPS) is 22.9. The molecule has 0 saturated carbocycles. The lowest BCUT2D eigenvalue weighted by Crippen LogP contribution is -2.58. The molecule has 1 unspecified atom stereocenters. The fourth-order valence-corrected chi connectivity index (χ4v) is 1.60. The first kappa shape index (κ1) is 10.6. The predicted octanol–water partition coefficient (Wildman–Crippen LogP) is -1.32. The lowest BCUT2D eigenvalue weighted by molar-refractivity contribution is 0.399. The molecular weight excluding hydrogens is 248 g/mol. The van der Waals surface area contributed by atoms with Crippen LogP contribution in [0.5, 0.6) is 0 Å². The summed E-state index contributed by atoms with van der Waals surface area (Å²) in [6.45, 7) is 0. The third-order valence-electron chi connectivity index (χ3n) is 2.32. The van der Waals surface area contributed by atoms with E-state index in [2.05, 4.69) is 30.3 Å². The SMILES string of the molecule is N#CC1=NC2=NC(C#N)=NC3NC(C#N)=NC(=N1)N23. The zero-order chi connectivity index (χ0) is 13.4. The quantitative estimate of drug-likeness (QED) is 0.565. The van der Waals surface area contributed by atoms with E-state index in [0.29, 0.717) is 0 Å². The van der Waals surface area contributed by atoms with Gasteiger partial charge in [-0.2, -0.15) is 35.8 Å². The van der Waals surface area contributed by atoms with E-state index in [1.54, 1.807) is 12.1 Å². The molecule has 0 aromatic heterocycles. The second-order valence-corrected chi connectivity index (χ2v) is 3.40. The van der Waals surface area contributed by atoms with Crippen molar-refractivity contribution >= 4 is 29.4 Å². The molecule has 3 aliphatic heterocycles. The Balaban J connectivity index is 2.20. The molecule has 0 bridgehead atoms. The lowest BCUT2D eigenvalue weighted by atomic mass is 10.4. The third-order valence-corrected chi connectivity index (χ3v) is 2.32. The Morgan fingerprint density at radius 1 is 0.895 bits per heavy atom. The van der Waals surface area contributed by atoms with Crippen molar-refractivity contribution in [3.63, 3.8) is 0 Å². The summed E-state index contributed by atoms with van der Waals surface area (Å²) < 4.78 is 0. The van der Waals surface area contributed by atoms with Crippen molar-refractivity contribution in [1.82, 2.24) is 10.2 Å². The number of rotatable bonds is 0. The maximum atomic E-state index is 8.87. The van der Waals surface area contributed by atoms with Crippen LogP contribution in [0.15, 0.2) is 25.0 Å². The molecule has 0 aliphatic carbocycles. The number of hydrogen-bond donors (Lipinski definition) is 1. The Bertz CT molecular complexity index is 743. The van der Waals surface area contributed by atoms with Gasteiger partial charge in [-0.1, -0.05) is 0 Å². The van der Waals surface area contributed by atoms with Crippen molar-refractivity contribution in [2.45, 2.75) is 6.29 Å². The van der Waals surface area contributed by atoms with Gasteiger partial charge in [-0.05, 0) is 0 Å². The van der Waals surface area contributed by atoms with Crippen molar-refractivity contribution in [1.29, 1.82) is 15.8 Å². The van der Waals surface area contributed by atoms with Crippen LogP contribution in [0.1, 0.15) is 0 Å². The van der Waals surface area contributed by atoms with Crippen LogP contribution in [-0.4, -0.2) is 40.6 Å². The van der Waals surface area contributed by atoms with E-state index < -0.39 is 6.29 Å². The van der Waals surface area contributed by atoms with Crippen LogP contribution in [0.4, 0.5) is 0 Å². The molecule has 3 heterocycles. The summed E-state index contributed by atoms with van der Waals surface area (Å²) in [7, 11) is 0. The van der Waals surface area contributed by atoms with E-state index in [9.17, 15) is 0 Å². The summed E-state index contributed by atoms with van der Waals surface area (Å²) in [5.41, 5.74) is 0. The molecule has 0 saturated heterocycles. The topological polar surface area (TPSA) is 148 Å². The maximum Gasteiger partial charge on any atom is 0.240 e. The Labute approximate surface area is 106 Å². The summed E-state index contributed by atoms with van der Waals surface area (Å²) in [6, 6.07) is 5.37. The highest BCUT2D eigenvalue weighted by Crippen LogP contribution is 2.17. The van der Waals surface area contributed by atoms with Gasteiger partial charge in [0.25, 0.3) is 0 Å². The average Bonchev–Trinajstić information content (AvgIpc) is 2.46. The molecule has 0 aromatic carbocycles. The minimum Gasteiger partial charge on any atom is -0.322 e. The summed E-state index contributed by atoms with van der Waals surface area (Å²) in [6.07, 6.45) is -0.767. The minimum atomic E-state index is -0.767. The highest BCUT2D eigenvalue weighted by atomic mass is 15.5. The van der Waals surface area contributed by atoms with Gasteiger partial charge in [-0.25, -0.2) is 9.89 Å². The van der Waals surface area contributed by atoms with E-state index in [-0.39, 0.29) is 29.4 Å². The van der Waals surface area contributed by atoms with Crippen molar-refractivity contribution in [2.24, 2.45) is 25.0 Å². The highest BCUT2D eigenvalue weighted by Gasteiger charge is 2.37. The van der Waals surface area contributed by atoms with Crippen LogP contribution in [0.3, 0.4) is 0 Å². The van der Waals surface area contributed by atoms with E-state index >= 15 is 0 Å². The maximum absolute atomic E-state index is 8.87. The molecule has 19 heavy (non-hydrogen) atoms. The van der Waals surface area contributed by atoms with Crippen LogP contribution < -0.4 is 5.32 Å². The van der Waals surface area contributed by atoms with Crippen molar-refractivity contribution < 1.29 is 0 Å². The van der Waals surface area contributed by atoms with E-state index in [0.717, 1.165) is 0 Å². The van der Waals surface area contributed by atoms with Crippen molar-refractivity contribution in [3.05, 3.63) is 0 Å². The Morgan fingerprint density at radius 3 is 2.26 bits per heavy atom. The van der Waals surface area contributed by atoms with Crippen LogP contribution in [0.2, 0.25) is 0 Å². The van der Waals surface area contributed by atoms with Gasteiger partial charge in [-0.3, -0.25) is 0 Å². The molecule has 0 radical (unpaired) electrons. The van der Waals surface area contributed by atoms with Gasteiger partial charge in [0.2, 0.25) is 35.7 Å². The van der Waals surface area contributed by atoms with Gasteiger partial charge in [-0.15, -0.1) is 0 Å².